The lowest BCUT2D eigenvalue weighted by molar-refractivity contribution is -0.719. The Hall–Kier alpha value is -7.08. The summed E-state index contributed by atoms with van der Waals surface area (Å²) in [5.74, 6) is 2.12. The van der Waals surface area contributed by atoms with Gasteiger partial charge in [-0.2, -0.15) is 13.7 Å². The van der Waals surface area contributed by atoms with Crippen LogP contribution in [0.3, 0.4) is 0 Å². The Labute approximate surface area is 413 Å². The minimum Gasteiger partial charge on any atom is -0.455 e. The Kier molecular flexibility index (Phi) is 10.5. The van der Waals surface area contributed by atoms with Crippen molar-refractivity contribution in [1.29, 1.82) is 0 Å². The molecule has 344 valence electrons. The maximum absolute atomic E-state index is 7.19. The number of aromatic nitrogens is 3. The van der Waals surface area contributed by atoms with Crippen LogP contribution in [0, 0.1) is 5.92 Å². The molecule has 3 aliphatic rings. The molecule has 1 aliphatic carbocycles. The van der Waals surface area contributed by atoms with Gasteiger partial charge in [0.25, 0.3) is 0 Å². The zero-order valence-electron chi connectivity index (χ0n) is 40.8. The average molecular weight is 928 g/mol. The lowest BCUT2D eigenvalue weighted by atomic mass is 9.77. The van der Waals surface area contributed by atoms with Crippen LogP contribution >= 0.6 is 0 Å². The Morgan fingerprint density at radius 1 is 0.657 bits per heavy atom. The number of benzene rings is 7. The summed E-state index contributed by atoms with van der Waals surface area (Å²) in [6.07, 6.45) is 13.3. The van der Waals surface area contributed by atoms with Gasteiger partial charge in [-0.1, -0.05) is 198 Å². The third-order valence-electron chi connectivity index (χ3n) is 16.3. The lowest BCUT2D eigenvalue weighted by Crippen LogP contribution is -2.54. The summed E-state index contributed by atoms with van der Waals surface area (Å²) in [4.78, 5) is 0. The lowest BCUT2D eigenvalue weighted by Gasteiger charge is -2.33. The van der Waals surface area contributed by atoms with E-state index in [1.807, 2.05) is 0 Å². The molecular weight excluding hydrogens is 867 g/mol. The number of furan rings is 1. The van der Waals surface area contributed by atoms with Crippen molar-refractivity contribution in [2.24, 2.45) is 5.92 Å². The molecule has 1 saturated carbocycles. The molecule has 5 heterocycles. The van der Waals surface area contributed by atoms with Crippen molar-refractivity contribution in [2.45, 2.75) is 89.4 Å². The van der Waals surface area contributed by atoms with E-state index in [1.165, 1.54) is 83.2 Å². The van der Waals surface area contributed by atoms with Crippen LogP contribution in [-0.4, -0.2) is 12.6 Å². The molecule has 70 heavy (non-hydrogen) atoms. The number of nitrogens with zero attached hydrogens (tertiary/aromatic N) is 3. The van der Waals surface area contributed by atoms with Crippen molar-refractivity contribution in [1.82, 2.24) is 4.57 Å². The highest BCUT2D eigenvalue weighted by atomic mass is 28.3. The van der Waals surface area contributed by atoms with Gasteiger partial charge in [-0.05, 0) is 77.3 Å². The molecule has 0 amide bonds. The number of hydrogen-bond acceptors (Lipinski definition) is 1. The third-order valence-corrected chi connectivity index (χ3v) is 18.3. The monoisotopic (exact) mass is 927 g/mol. The van der Waals surface area contributed by atoms with E-state index in [-0.39, 0.29) is 12.0 Å². The summed E-state index contributed by atoms with van der Waals surface area (Å²) in [7, 11) is -1.77. The summed E-state index contributed by atoms with van der Waals surface area (Å²) >= 11 is 0. The molecule has 5 heteroatoms. The molecule has 0 saturated heterocycles. The van der Waals surface area contributed by atoms with Crippen LogP contribution in [0.25, 0.3) is 89.3 Å². The van der Waals surface area contributed by atoms with E-state index in [1.54, 1.807) is 10.8 Å². The molecule has 4 nitrogen and oxygen atoms in total. The van der Waals surface area contributed by atoms with E-state index in [2.05, 4.69) is 209 Å². The van der Waals surface area contributed by atoms with Crippen LogP contribution in [0.5, 0.6) is 0 Å². The second-order valence-corrected chi connectivity index (χ2v) is 26.6. The number of fused-ring (bicyclic) bond motifs is 15. The molecule has 2 atom stereocenters. The van der Waals surface area contributed by atoms with E-state index >= 15 is 0 Å². The van der Waals surface area contributed by atoms with Crippen molar-refractivity contribution in [2.75, 3.05) is 0 Å². The number of pyridine rings is 1. The van der Waals surface area contributed by atoms with E-state index in [0.29, 0.717) is 0 Å². The summed E-state index contributed by atoms with van der Waals surface area (Å²) in [6, 6.07) is 63.2. The fourth-order valence-electron chi connectivity index (χ4n) is 13.0. The second kappa shape index (κ2) is 17.1. The van der Waals surface area contributed by atoms with Gasteiger partial charge < -0.3 is 4.42 Å². The zero-order valence-corrected chi connectivity index (χ0v) is 41.8. The summed E-state index contributed by atoms with van der Waals surface area (Å²) < 4.78 is 15.1. The zero-order chi connectivity index (χ0) is 47.1. The molecular formula is C65H61N3OSi+2. The van der Waals surface area contributed by atoms with Gasteiger partial charge in [-0.25, -0.2) is 0 Å². The van der Waals surface area contributed by atoms with Gasteiger partial charge in [0.15, 0.2) is 28.9 Å². The first-order valence-electron chi connectivity index (χ1n) is 25.9. The van der Waals surface area contributed by atoms with Crippen LogP contribution in [-0.2, 0) is 12.8 Å². The molecule has 1 fully saturated rings. The SMILES string of the molecule is C=C1CC2C(CCc3ccc4c(oc5ccccc54)c3-c3n(-c4c(-c5ccccc5)cccc4-c4ccccc4)c4ccccc4[n+]31)c1ccccc1-c1cc(CC3CCCCC3)c([Si](C)(C)C)c[n+]12. The quantitative estimate of drug-likeness (QED) is 0.121. The highest BCUT2D eigenvalue weighted by molar-refractivity contribution is 6.89. The van der Waals surface area contributed by atoms with Crippen molar-refractivity contribution < 1.29 is 13.6 Å². The van der Waals surface area contributed by atoms with Crippen LogP contribution < -0.4 is 14.3 Å². The summed E-state index contributed by atoms with van der Waals surface area (Å²) in [5.41, 5.74) is 19.2. The number of imidazole rings is 1. The predicted molar refractivity (Wildman–Crippen MR) is 292 cm³/mol. The minimum atomic E-state index is -1.77. The molecule has 0 radical (unpaired) electrons. The molecule has 2 unspecified atom stereocenters. The van der Waals surface area contributed by atoms with Gasteiger partial charge in [0.05, 0.1) is 14.5 Å². The third kappa shape index (κ3) is 7.07. The predicted octanol–water partition coefficient (Wildman–Crippen LogP) is 15.6. The standard InChI is InChI=1S/C65H61N3OSi/c1-43-39-58-53(51-27-14-15-28-52(51)59-41-48(40-44-21-8-5-9-22-44)61(42-66(58)59)70(2,3)4)37-35-47-36-38-55-54-29-16-19-34-60(54)69-64(55)62(47)65-67(43)56-32-17-18-33-57(56)68(65)63-49(45-23-10-6-11-24-45)30-20-31-50(63)46-25-12-7-13-26-46/h6-7,10-20,23-34,36,38,41-42,44,53,58H,1,5,8-9,21-22,35,37,39-40H2,2-4H3/q+2. The number of hydrogen-bond donors (Lipinski definition) is 0. The van der Waals surface area contributed by atoms with Crippen LogP contribution in [0.1, 0.15) is 73.6 Å². The average Bonchev–Trinajstić information content (AvgIpc) is 3.94. The minimum absolute atomic E-state index is 0.159. The van der Waals surface area contributed by atoms with Gasteiger partial charge in [0.2, 0.25) is 5.69 Å². The maximum Gasteiger partial charge on any atom is 0.304 e. The fraction of sp³-hybridized carbons (Fsp3) is 0.231. The van der Waals surface area contributed by atoms with E-state index in [0.717, 1.165) is 80.9 Å². The first kappa shape index (κ1) is 43.0. The summed E-state index contributed by atoms with van der Waals surface area (Å²) in [5, 5.41) is 3.89. The smallest absolute Gasteiger partial charge is 0.304 e. The molecule has 7 aromatic carbocycles. The normalized spacial score (nSPS) is 17.2. The Morgan fingerprint density at radius 2 is 1.33 bits per heavy atom. The number of rotatable bonds is 6. The number of aryl methyl sites for hydroxylation is 1. The molecule has 13 rings (SSSR count). The van der Waals surface area contributed by atoms with Crippen molar-refractivity contribution in [3.63, 3.8) is 0 Å². The molecule has 0 bridgehead atoms. The van der Waals surface area contributed by atoms with Gasteiger partial charge in [0, 0.05) is 44.6 Å². The number of para-hydroxylation sites is 4. The first-order chi connectivity index (χ1) is 34.3. The van der Waals surface area contributed by atoms with Crippen molar-refractivity contribution in [3.05, 3.63) is 199 Å². The largest absolute Gasteiger partial charge is 0.455 e. The molecule has 10 aromatic rings. The highest BCUT2D eigenvalue weighted by Crippen LogP contribution is 2.48. The van der Waals surface area contributed by atoms with Crippen LogP contribution in [0.4, 0.5) is 0 Å². The van der Waals surface area contributed by atoms with Gasteiger partial charge in [-0.3, -0.25) is 0 Å². The van der Waals surface area contributed by atoms with Crippen molar-refractivity contribution in [3.8, 4) is 50.6 Å². The van der Waals surface area contributed by atoms with Gasteiger partial charge in [-0.15, -0.1) is 0 Å². The van der Waals surface area contributed by atoms with E-state index in [4.69, 9.17) is 11.0 Å². The van der Waals surface area contributed by atoms with E-state index in [9.17, 15) is 0 Å². The van der Waals surface area contributed by atoms with Crippen LogP contribution in [0.15, 0.2) is 187 Å². The molecule has 3 aromatic heterocycles. The topological polar surface area (TPSA) is 25.8 Å². The van der Waals surface area contributed by atoms with Crippen LogP contribution in [0.2, 0.25) is 19.6 Å². The Bertz CT molecular complexity index is 3600. The van der Waals surface area contributed by atoms with Gasteiger partial charge in [0.1, 0.15) is 22.5 Å². The highest BCUT2D eigenvalue weighted by Gasteiger charge is 2.45. The molecule has 2 aliphatic heterocycles. The van der Waals surface area contributed by atoms with Gasteiger partial charge >= 0.3 is 5.82 Å². The maximum atomic E-state index is 7.19. The number of allylic oxidation sites excluding steroid dienone is 1. The van der Waals surface area contributed by atoms with Crippen molar-refractivity contribution >= 4 is 51.9 Å². The molecule has 0 N–H and O–H groups in total. The summed E-state index contributed by atoms with van der Waals surface area (Å²) in [6.45, 7) is 12.9. The second-order valence-electron chi connectivity index (χ2n) is 21.5. The first-order valence-corrected chi connectivity index (χ1v) is 29.4. The Balaban J connectivity index is 1.11. The fourth-order valence-corrected chi connectivity index (χ4v) is 14.7. The van der Waals surface area contributed by atoms with E-state index < -0.39 is 8.07 Å². The Morgan fingerprint density at radius 3 is 2.09 bits per heavy atom. The molecule has 0 spiro atoms.